The van der Waals surface area contributed by atoms with Crippen LogP contribution < -0.4 is 5.32 Å². The highest BCUT2D eigenvalue weighted by molar-refractivity contribution is 7.15. The van der Waals surface area contributed by atoms with Gasteiger partial charge in [-0.2, -0.15) is 0 Å². The van der Waals surface area contributed by atoms with E-state index in [9.17, 15) is 0 Å². The molecule has 0 amide bonds. The Morgan fingerprint density at radius 1 is 1.46 bits per heavy atom. The van der Waals surface area contributed by atoms with E-state index >= 15 is 0 Å². The van der Waals surface area contributed by atoms with Gasteiger partial charge in [0.1, 0.15) is 5.01 Å². The number of aryl methyl sites for hydroxylation is 1. The summed E-state index contributed by atoms with van der Waals surface area (Å²) >= 11 is 1.50. The molecule has 13 heavy (non-hydrogen) atoms. The molecule has 0 aromatic carbocycles. The zero-order chi connectivity index (χ0) is 9.84. The van der Waals surface area contributed by atoms with Gasteiger partial charge in [-0.05, 0) is 12.8 Å². The fourth-order valence-electron chi connectivity index (χ4n) is 0.937. The summed E-state index contributed by atoms with van der Waals surface area (Å²) in [5.41, 5.74) is 0. The van der Waals surface area contributed by atoms with Gasteiger partial charge < -0.3 is 10.4 Å². The molecule has 1 atom stereocenters. The molecule has 0 aliphatic heterocycles. The first-order valence-electron chi connectivity index (χ1n) is 4.31. The second kappa shape index (κ2) is 4.53. The van der Waals surface area contributed by atoms with E-state index in [0.717, 1.165) is 10.1 Å². The topological polar surface area (TPSA) is 58.0 Å². The monoisotopic (exact) mass is 201 g/mol. The van der Waals surface area contributed by atoms with Gasteiger partial charge in [0.15, 0.2) is 0 Å². The smallest absolute Gasteiger partial charge is 0.205 e. The maximum atomic E-state index is 9.06. The van der Waals surface area contributed by atoms with Crippen LogP contribution in [-0.4, -0.2) is 28.0 Å². The minimum Gasteiger partial charge on any atom is -0.394 e. The summed E-state index contributed by atoms with van der Waals surface area (Å²) in [6.45, 7) is 6.14. The Bertz CT molecular complexity index is 262. The van der Waals surface area contributed by atoms with Crippen LogP contribution in [0.3, 0.4) is 0 Å². The van der Waals surface area contributed by atoms with Gasteiger partial charge in [-0.3, -0.25) is 0 Å². The van der Waals surface area contributed by atoms with E-state index in [1.54, 1.807) is 0 Å². The van der Waals surface area contributed by atoms with Crippen molar-refractivity contribution in [2.75, 3.05) is 11.9 Å². The van der Waals surface area contributed by atoms with E-state index in [0.29, 0.717) is 5.92 Å². The van der Waals surface area contributed by atoms with Gasteiger partial charge in [-0.1, -0.05) is 25.2 Å². The zero-order valence-corrected chi connectivity index (χ0v) is 8.93. The third-order valence-electron chi connectivity index (χ3n) is 1.84. The minimum absolute atomic E-state index is 0.0624. The lowest BCUT2D eigenvalue weighted by Crippen LogP contribution is -2.29. The fraction of sp³-hybridized carbons (Fsp3) is 0.750. The quantitative estimate of drug-likeness (QED) is 0.770. The lowest BCUT2D eigenvalue weighted by Gasteiger charge is -2.18. The van der Waals surface area contributed by atoms with Gasteiger partial charge in [0.25, 0.3) is 0 Å². The highest BCUT2D eigenvalue weighted by atomic mass is 32.1. The number of hydrogen-bond donors (Lipinski definition) is 2. The van der Waals surface area contributed by atoms with Crippen molar-refractivity contribution in [2.45, 2.75) is 26.8 Å². The zero-order valence-electron chi connectivity index (χ0n) is 8.11. The van der Waals surface area contributed by atoms with Gasteiger partial charge in [0.05, 0.1) is 12.6 Å². The van der Waals surface area contributed by atoms with E-state index in [1.807, 2.05) is 6.92 Å². The van der Waals surface area contributed by atoms with Crippen molar-refractivity contribution in [3.63, 3.8) is 0 Å². The highest BCUT2D eigenvalue weighted by Gasteiger charge is 2.13. The molecule has 5 heteroatoms. The van der Waals surface area contributed by atoms with Crippen LogP contribution in [0.15, 0.2) is 0 Å². The van der Waals surface area contributed by atoms with E-state index in [-0.39, 0.29) is 12.6 Å². The van der Waals surface area contributed by atoms with Crippen LogP contribution in [0.25, 0.3) is 0 Å². The summed E-state index contributed by atoms with van der Waals surface area (Å²) in [7, 11) is 0. The van der Waals surface area contributed by atoms with Crippen LogP contribution in [-0.2, 0) is 0 Å². The third-order valence-corrected chi connectivity index (χ3v) is 2.61. The summed E-state index contributed by atoms with van der Waals surface area (Å²) in [6.07, 6.45) is 0. The number of aliphatic hydroxyl groups is 1. The predicted octanol–water partition coefficient (Wildman–Crippen LogP) is 1.28. The molecule has 0 bridgehead atoms. The molecule has 1 aromatic heterocycles. The Kier molecular flexibility index (Phi) is 3.62. The molecule has 0 saturated carbocycles. The highest BCUT2D eigenvalue weighted by Crippen LogP contribution is 2.16. The normalized spacial score (nSPS) is 13.3. The van der Waals surface area contributed by atoms with Gasteiger partial charge >= 0.3 is 0 Å². The lowest BCUT2D eigenvalue weighted by atomic mass is 10.1. The first-order valence-corrected chi connectivity index (χ1v) is 5.12. The third kappa shape index (κ3) is 2.93. The van der Waals surface area contributed by atoms with E-state index in [4.69, 9.17) is 5.11 Å². The molecule has 1 aromatic rings. The molecule has 0 spiro atoms. The first-order chi connectivity index (χ1) is 6.13. The second-order valence-corrected chi connectivity index (χ2v) is 4.49. The van der Waals surface area contributed by atoms with Crippen molar-refractivity contribution in [3.05, 3.63) is 5.01 Å². The summed E-state index contributed by atoms with van der Waals surface area (Å²) in [6, 6.07) is 0.0624. The first kappa shape index (κ1) is 10.4. The molecular formula is C8H15N3OS. The summed E-state index contributed by atoms with van der Waals surface area (Å²) < 4.78 is 0. The van der Waals surface area contributed by atoms with Crippen molar-refractivity contribution in [1.82, 2.24) is 10.2 Å². The molecule has 0 radical (unpaired) electrons. The van der Waals surface area contributed by atoms with Crippen LogP contribution in [0.5, 0.6) is 0 Å². The Labute approximate surface area is 82.0 Å². The number of aliphatic hydroxyl groups excluding tert-OH is 1. The lowest BCUT2D eigenvalue weighted by molar-refractivity contribution is 0.249. The van der Waals surface area contributed by atoms with Gasteiger partial charge in [-0.25, -0.2) is 0 Å². The number of rotatable bonds is 4. The van der Waals surface area contributed by atoms with E-state index in [1.165, 1.54) is 11.3 Å². The Morgan fingerprint density at radius 3 is 2.54 bits per heavy atom. The molecular weight excluding hydrogens is 186 g/mol. The molecule has 1 rings (SSSR count). The van der Waals surface area contributed by atoms with Crippen LogP contribution in [0.2, 0.25) is 0 Å². The van der Waals surface area contributed by atoms with Crippen molar-refractivity contribution in [1.29, 1.82) is 0 Å². The number of nitrogens with one attached hydrogen (secondary N) is 1. The number of hydrogen-bond acceptors (Lipinski definition) is 5. The molecule has 74 valence electrons. The fourth-order valence-corrected chi connectivity index (χ4v) is 1.59. The van der Waals surface area contributed by atoms with Crippen LogP contribution in [0, 0.1) is 12.8 Å². The average molecular weight is 201 g/mol. The van der Waals surface area contributed by atoms with Crippen LogP contribution >= 0.6 is 11.3 Å². The predicted molar refractivity (Wildman–Crippen MR) is 54.0 cm³/mol. The van der Waals surface area contributed by atoms with Crippen molar-refractivity contribution in [2.24, 2.45) is 5.92 Å². The minimum atomic E-state index is 0.0624. The molecule has 0 aliphatic rings. The standard InChI is InChI=1S/C8H15N3OS/c1-5(2)7(4-12)9-8-11-10-6(3)13-8/h5,7,12H,4H2,1-3H3,(H,9,11)/t7-/m1/s1. The Morgan fingerprint density at radius 2 is 2.15 bits per heavy atom. The number of nitrogens with zero attached hydrogens (tertiary/aromatic N) is 2. The SMILES string of the molecule is Cc1nnc(N[C@H](CO)C(C)C)s1. The number of anilines is 1. The van der Waals surface area contributed by atoms with Gasteiger partial charge in [0.2, 0.25) is 5.13 Å². The molecule has 2 N–H and O–H groups in total. The maximum absolute atomic E-state index is 9.06. The van der Waals surface area contributed by atoms with Gasteiger partial charge in [-0.15, -0.1) is 10.2 Å². The summed E-state index contributed by atoms with van der Waals surface area (Å²) in [5, 5.41) is 21.7. The summed E-state index contributed by atoms with van der Waals surface area (Å²) in [5.74, 6) is 0.384. The van der Waals surface area contributed by atoms with Crippen molar-refractivity contribution >= 4 is 16.5 Å². The molecule has 0 fully saturated rings. The Balaban J connectivity index is 2.56. The Hall–Kier alpha value is -0.680. The van der Waals surface area contributed by atoms with Crippen LogP contribution in [0.1, 0.15) is 18.9 Å². The van der Waals surface area contributed by atoms with E-state index < -0.39 is 0 Å². The average Bonchev–Trinajstić information content (AvgIpc) is 2.46. The molecule has 4 nitrogen and oxygen atoms in total. The molecule has 1 heterocycles. The molecule has 0 unspecified atom stereocenters. The number of aromatic nitrogens is 2. The van der Waals surface area contributed by atoms with E-state index in [2.05, 4.69) is 29.4 Å². The molecule has 0 saturated heterocycles. The largest absolute Gasteiger partial charge is 0.394 e. The van der Waals surface area contributed by atoms with Crippen LogP contribution in [0.4, 0.5) is 5.13 Å². The van der Waals surface area contributed by atoms with Gasteiger partial charge in [0, 0.05) is 0 Å². The maximum Gasteiger partial charge on any atom is 0.205 e. The summed E-state index contributed by atoms with van der Waals surface area (Å²) in [4.78, 5) is 0. The van der Waals surface area contributed by atoms with Crippen molar-refractivity contribution in [3.8, 4) is 0 Å². The van der Waals surface area contributed by atoms with Crippen molar-refractivity contribution < 1.29 is 5.11 Å². The second-order valence-electron chi connectivity index (χ2n) is 3.30. The molecule has 0 aliphatic carbocycles.